The summed E-state index contributed by atoms with van der Waals surface area (Å²) >= 11 is 0. The van der Waals surface area contributed by atoms with Gasteiger partial charge in [-0.2, -0.15) is 0 Å². The fourth-order valence-corrected chi connectivity index (χ4v) is 0.604. The van der Waals surface area contributed by atoms with Gasteiger partial charge in [-0.15, -0.1) is 0 Å². The van der Waals surface area contributed by atoms with Crippen molar-refractivity contribution in [3.8, 4) is 0 Å². The van der Waals surface area contributed by atoms with E-state index in [1.165, 1.54) is 0 Å². The number of rotatable bonds is 0. The van der Waals surface area contributed by atoms with Crippen molar-refractivity contribution in [2.24, 2.45) is 0 Å². The van der Waals surface area contributed by atoms with Crippen LogP contribution in [0.1, 0.15) is 0 Å². The Bertz CT molecular complexity index is 25.2. The van der Waals surface area contributed by atoms with Gasteiger partial charge in [0.2, 0.25) is 0 Å². The molecule has 1 rings (SSSR count). The molecular weight excluding hydrogens is 184 g/mol. The van der Waals surface area contributed by atoms with Gasteiger partial charge in [-0.25, -0.2) is 0 Å². The second-order valence-electron chi connectivity index (χ2n) is 1.50. The third-order valence-corrected chi connectivity index (χ3v) is 0.957. The summed E-state index contributed by atoms with van der Waals surface area (Å²) in [5, 5.41) is 6.44. The molecule has 0 amide bonds. The molecule has 2 nitrogen and oxygen atoms in total. The van der Waals surface area contributed by atoms with Gasteiger partial charge in [-0.05, 0) is 0 Å². The molecule has 0 aliphatic carbocycles. The van der Waals surface area contributed by atoms with Crippen molar-refractivity contribution in [3.63, 3.8) is 0 Å². The summed E-state index contributed by atoms with van der Waals surface area (Å²) in [5.41, 5.74) is 0. The molecule has 3 heteroatoms. The summed E-state index contributed by atoms with van der Waals surface area (Å²) < 4.78 is 0. The monoisotopic (exact) mass is 193 g/mol. The minimum atomic E-state index is 0. The Hall–Kier alpha value is 0.660. The zero-order chi connectivity index (χ0) is 4.24. The molecule has 1 aliphatic heterocycles. The van der Waals surface area contributed by atoms with Crippen LogP contribution in [0.15, 0.2) is 0 Å². The van der Waals surface area contributed by atoms with Crippen LogP contribution in [0.2, 0.25) is 0 Å². The molecule has 0 aromatic heterocycles. The molecule has 0 unspecified atom stereocenters. The molecule has 0 aromatic carbocycles. The van der Waals surface area contributed by atoms with Crippen molar-refractivity contribution in [3.05, 3.63) is 0 Å². The fourth-order valence-electron chi connectivity index (χ4n) is 0.604. The second-order valence-corrected chi connectivity index (χ2v) is 1.50. The molecule has 0 atom stereocenters. The van der Waals surface area contributed by atoms with Crippen LogP contribution in [-0.4, -0.2) is 26.2 Å². The van der Waals surface area contributed by atoms with Gasteiger partial charge in [0.05, 0.1) is 0 Å². The third-order valence-electron chi connectivity index (χ3n) is 0.957. The van der Waals surface area contributed by atoms with E-state index >= 15 is 0 Å². The van der Waals surface area contributed by atoms with Crippen molar-refractivity contribution in [1.29, 1.82) is 0 Å². The first-order chi connectivity index (χ1) is 3.00. The number of hydrogen-bond donors (Lipinski definition) is 2. The maximum Gasteiger partial charge on any atom is 0.00772 e. The molecule has 0 saturated carbocycles. The first kappa shape index (κ1) is 7.66. The van der Waals surface area contributed by atoms with Gasteiger partial charge in [-0.1, -0.05) is 0 Å². The van der Waals surface area contributed by atoms with Crippen LogP contribution < -0.4 is 10.6 Å². The van der Waals surface area contributed by atoms with Crippen LogP contribution in [0, 0.1) is 0 Å². The van der Waals surface area contributed by atoms with Crippen LogP contribution in [-0.2, 0) is 22.4 Å². The molecule has 2 N–H and O–H groups in total. The smallest absolute Gasteiger partial charge is 0.00772 e. The molecule has 1 fully saturated rings. The summed E-state index contributed by atoms with van der Waals surface area (Å²) in [6, 6.07) is 0. The molecule has 1 heterocycles. The van der Waals surface area contributed by atoms with E-state index in [2.05, 4.69) is 10.6 Å². The first-order valence-corrected chi connectivity index (χ1v) is 2.41. The Morgan fingerprint density at radius 3 is 1.14 bits per heavy atom. The Kier molecular flexibility index (Phi) is 5.26. The topological polar surface area (TPSA) is 24.1 Å². The summed E-state index contributed by atoms with van der Waals surface area (Å²) in [6.07, 6.45) is 0. The maximum absolute atomic E-state index is 3.22. The summed E-state index contributed by atoms with van der Waals surface area (Å²) in [6.45, 7) is 4.56. The fraction of sp³-hybridized carbons (Fsp3) is 1.00. The van der Waals surface area contributed by atoms with Crippen molar-refractivity contribution in [2.45, 2.75) is 0 Å². The first-order valence-electron chi connectivity index (χ1n) is 2.41. The average molecular weight is 194 g/mol. The molecule has 1 radical (unpaired) electrons. The van der Waals surface area contributed by atoms with Gasteiger partial charge in [0, 0.05) is 48.6 Å². The Labute approximate surface area is 59.6 Å². The van der Waals surface area contributed by atoms with Gasteiger partial charge in [-0.3, -0.25) is 0 Å². The van der Waals surface area contributed by atoms with Gasteiger partial charge < -0.3 is 10.6 Å². The number of piperazine rings is 1. The molecule has 0 spiro atoms. The summed E-state index contributed by atoms with van der Waals surface area (Å²) in [4.78, 5) is 0. The van der Waals surface area contributed by atoms with Crippen LogP contribution in [0.4, 0.5) is 0 Å². The SMILES string of the molecule is C1CNCCN1.[Ag]. The summed E-state index contributed by atoms with van der Waals surface area (Å²) in [7, 11) is 0. The Morgan fingerprint density at radius 2 is 1.00 bits per heavy atom. The van der Waals surface area contributed by atoms with Crippen molar-refractivity contribution in [2.75, 3.05) is 26.2 Å². The van der Waals surface area contributed by atoms with Crippen LogP contribution in [0.5, 0.6) is 0 Å². The van der Waals surface area contributed by atoms with Crippen LogP contribution in [0.3, 0.4) is 0 Å². The minimum Gasteiger partial charge on any atom is -0.314 e. The van der Waals surface area contributed by atoms with E-state index in [0.717, 1.165) is 26.2 Å². The van der Waals surface area contributed by atoms with Crippen molar-refractivity contribution < 1.29 is 22.4 Å². The van der Waals surface area contributed by atoms with Crippen LogP contribution in [0.25, 0.3) is 0 Å². The van der Waals surface area contributed by atoms with Crippen molar-refractivity contribution in [1.82, 2.24) is 10.6 Å². The van der Waals surface area contributed by atoms with Gasteiger partial charge in [0.15, 0.2) is 0 Å². The molecule has 7 heavy (non-hydrogen) atoms. The van der Waals surface area contributed by atoms with E-state index in [1.54, 1.807) is 0 Å². The Morgan fingerprint density at radius 1 is 0.714 bits per heavy atom. The maximum atomic E-state index is 3.22. The molecule has 0 bridgehead atoms. The van der Waals surface area contributed by atoms with Gasteiger partial charge in [0.1, 0.15) is 0 Å². The van der Waals surface area contributed by atoms with E-state index in [0.29, 0.717) is 0 Å². The Balaban J connectivity index is 0.000000360. The zero-order valence-electron chi connectivity index (χ0n) is 4.13. The van der Waals surface area contributed by atoms with Crippen molar-refractivity contribution >= 4 is 0 Å². The molecule has 1 aliphatic rings. The molecule has 47 valence electrons. The molecule has 0 aromatic rings. The van der Waals surface area contributed by atoms with Gasteiger partial charge in [0.25, 0.3) is 0 Å². The zero-order valence-corrected chi connectivity index (χ0v) is 5.61. The minimum absolute atomic E-state index is 0. The van der Waals surface area contributed by atoms with E-state index in [-0.39, 0.29) is 22.4 Å². The predicted octanol–water partition coefficient (Wildman–Crippen LogP) is -0.823. The quantitative estimate of drug-likeness (QED) is 0.492. The average Bonchev–Trinajstić information content (AvgIpc) is 1.72. The van der Waals surface area contributed by atoms with E-state index in [1.807, 2.05) is 0 Å². The standard InChI is InChI=1S/C4H10N2.Ag/c1-2-6-4-3-5-1;/h5-6H,1-4H2;. The third kappa shape index (κ3) is 3.26. The van der Waals surface area contributed by atoms with E-state index in [9.17, 15) is 0 Å². The normalized spacial score (nSPS) is 20.6. The molecular formula is C4H10AgN2. The van der Waals surface area contributed by atoms with E-state index in [4.69, 9.17) is 0 Å². The summed E-state index contributed by atoms with van der Waals surface area (Å²) in [5.74, 6) is 0. The predicted molar refractivity (Wildman–Crippen MR) is 25.7 cm³/mol. The second kappa shape index (κ2) is 4.81. The molecule has 1 saturated heterocycles. The van der Waals surface area contributed by atoms with E-state index < -0.39 is 0 Å². The largest absolute Gasteiger partial charge is 0.314 e. The van der Waals surface area contributed by atoms with Gasteiger partial charge >= 0.3 is 0 Å². The number of hydrogen-bond acceptors (Lipinski definition) is 2. The van der Waals surface area contributed by atoms with Crippen LogP contribution >= 0.6 is 0 Å². The number of nitrogens with one attached hydrogen (secondary N) is 2.